The van der Waals surface area contributed by atoms with Gasteiger partial charge in [0.15, 0.2) is 11.9 Å². The van der Waals surface area contributed by atoms with Gasteiger partial charge < -0.3 is 19.4 Å². The van der Waals surface area contributed by atoms with Crippen LogP contribution in [0.1, 0.15) is 35.9 Å². The van der Waals surface area contributed by atoms with Crippen molar-refractivity contribution in [2.45, 2.75) is 32.0 Å². The number of carbonyl (C=O) groups is 3. The number of piperidine rings is 1. The molecule has 7 nitrogen and oxygen atoms in total. The predicted octanol–water partition coefficient (Wildman–Crippen LogP) is 3.72. The molecular weight excluding hydrogens is 417 g/mol. The summed E-state index contributed by atoms with van der Waals surface area (Å²) in [5.74, 6) is -1.84. The lowest BCUT2D eigenvalue weighted by atomic mass is 9.97. The van der Waals surface area contributed by atoms with Crippen LogP contribution in [-0.4, -0.2) is 41.9 Å². The molecule has 10 heteroatoms. The second kappa shape index (κ2) is 9.23. The van der Waals surface area contributed by atoms with Crippen molar-refractivity contribution in [3.8, 4) is 0 Å². The van der Waals surface area contributed by atoms with E-state index in [1.807, 2.05) is 0 Å². The van der Waals surface area contributed by atoms with Gasteiger partial charge in [0.1, 0.15) is 0 Å². The first-order chi connectivity index (χ1) is 14.6. The first kappa shape index (κ1) is 22.4. The molecule has 1 atom stereocenters. The molecule has 2 aromatic rings. The van der Waals surface area contributed by atoms with Crippen molar-refractivity contribution in [1.29, 1.82) is 0 Å². The summed E-state index contributed by atoms with van der Waals surface area (Å²) < 4.78 is 48.6. The number of alkyl halides is 3. The zero-order chi connectivity index (χ0) is 22.6. The minimum absolute atomic E-state index is 0.0486. The van der Waals surface area contributed by atoms with Crippen LogP contribution in [0.4, 0.5) is 18.9 Å². The Morgan fingerprint density at radius 2 is 1.87 bits per heavy atom. The number of amides is 2. The van der Waals surface area contributed by atoms with Gasteiger partial charge in [0.2, 0.25) is 0 Å². The third-order valence-electron chi connectivity index (χ3n) is 4.97. The number of nitrogens with zero attached hydrogens (tertiary/aromatic N) is 1. The molecule has 1 aliphatic rings. The van der Waals surface area contributed by atoms with Gasteiger partial charge in [-0.25, -0.2) is 0 Å². The van der Waals surface area contributed by atoms with Crippen LogP contribution in [0.25, 0.3) is 0 Å². The van der Waals surface area contributed by atoms with E-state index >= 15 is 0 Å². The molecule has 2 amide bonds. The van der Waals surface area contributed by atoms with Gasteiger partial charge >= 0.3 is 12.1 Å². The Morgan fingerprint density at radius 1 is 1.16 bits per heavy atom. The maximum Gasteiger partial charge on any atom is 0.416 e. The number of carbonyl (C=O) groups excluding carboxylic acids is 3. The minimum Gasteiger partial charge on any atom is -0.459 e. The summed E-state index contributed by atoms with van der Waals surface area (Å²) in [6, 6.07) is 7.36. The molecule has 1 unspecified atom stereocenters. The van der Waals surface area contributed by atoms with E-state index in [0.29, 0.717) is 25.9 Å². The van der Waals surface area contributed by atoms with Crippen molar-refractivity contribution >= 4 is 23.5 Å². The number of halogens is 3. The summed E-state index contributed by atoms with van der Waals surface area (Å²) in [6.07, 6.45) is -3.58. The Labute approximate surface area is 176 Å². The lowest BCUT2D eigenvalue weighted by Crippen LogP contribution is -2.41. The van der Waals surface area contributed by atoms with E-state index < -0.39 is 35.6 Å². The smallest absolute Gasteiger partial charge is 0.416 e. The SMILES string of the molecule is CC(OC(=O)C1CCN(C(=O)c2ccco2)CC1)C(=O)Nc1cccc(C(F)(F)F)c1. The van der Waals surface area contributed by atoms with Crippen LogP contribution >= 0.6 is 0 Å². The van der Waals surface area contributed by atoms with Gasteiger partial charge in [-0.3, -0.25) is 14.4 Å². The minimum atomic E-state index is -4.54. The first-order valence-corrected chi connectivity index (χ1v) is 9.66. The highest BCUT2D eigenvalue weighted by atomic mass is 19.4. The number of nitrogens with one attached hydrogen (secondary N) is 1. The maximum atomic E-state index is 12.8. The number of furan rings is 1. The highest BCUT2D eigenvalue weighted by Crippen LogP contribution is 2.30. The van der Waals surface area contributed by atoms with Crippen LogP contribution < -0.4 is 5.32 Å². The molecule has 1 aromatic carbocycles. The standard InChI is InChI=1S/C21H21F3N2O5/c1-13(18(27)25-16-5-2-4-15(12-16)21(22,23)24)31-20(29)14-7-9-26(10-8-14)19(28)17-6-3-11-30-17/h2-6,11-14H,7-10H2,1H3,(H,25,27). The average Bonchev–Trinajstić information content (AvgIpc) is 3.27. The molecule has 1 aliphatic heterocycles. The van der Waals surface area contributed by atoms with E-state index in [1.165, 1.54) is 25.3 Å². The van der Waals surface area contributed by atoms with Gasteiger partial charge in [0.25, 0.3) is 11.8 Å². The summed E-state index contributed by atoms with van der Waals surface area (Å²) in [7, 11) is 0. The van der Waals surface area contributed by atoms with E-state index in [1.54, 1.807) is 17.0 Å². The monoisotopic (exact) mass is 438 g/mol. The van der Waals surface area contributed by atoms with Gasteiger partial charge in [-0.15, -0.1) is 0 Å². The van der Waals surface area contributed by atoms with Crippen molar-refractivity contribution < 1.29 is 36.7 Å². The van der Waals surface area contributed by atoms with Crippen LogP contribution in [0.5, 0.6) is 0 Å². The molecule has 1 saturated heterocycles. The maximum absolute atomic E-state index is 12.8. The summed E-state index contributed by atoms with van der Waals surface area (Å²) in [4.78, 5) is 38.4. The molecule has 31 heavy (non-hydrogen) atoms. The number of likely N-dealkylation sites (tertiary alicyclic amines) is 1. The molecule has 0 radical (unpaired) electrons. The zero-order valence-corrected chi connectivity index (χ0v) is 16.6. The number of hydrogen-bond acceptors (Lipinski definition) is 5. The molecule has 1 fully saturated rings. The fourth-order valence-electron chi connectivity index (χ4n) is 3.22. The van der Waals surface area contributed by atoms with Gasteiger partial charge in [0, 0.05) is 18.8 Å². The number of anilines is 1. The third-order valence-corrected chi connectivity index (χ3v) is 4.97. The molecule has 0 spiro atoms. The normalized spacial score (nSPS) is 15.9. The van der Waals surface area contributed by atoms with Crippen LogP contribution in [0, 0.1) is 5.92 Å². The molecule has 166 valence electrons. The van der Waals surface area contributed by atoms with E-state index in [9.17, 15) is 27.6 Å². The van der Waals surface area contributed by atoms with Gasteiger partial charge in [-0.05, 0) is 50.1 Å². The zero-order valence-electron chi connectivity index (χ0n) is 16.6. The Kier molecular flexibility index (Phi) is 6.67. The van der Waals surface area contributed by atoms with Crippen molar-refractivity contribution in [3.63, 3.8) is 0 Å². The summed E-state index contributed by atoms with van der Waals surface area (Å²) >= 11 is 0. The van der Waals surface area contributed by atoms with Gasteiger partial charge in [-0.2, -0.15) is 13.2 Å². The van der Waals surface area contributed by atoms with E-state index in [0.717, 1.165) is 12.1 Å². The highest BCUT2D eigenvalue weighted by Gasteiger charge is 2.32. The summed E-state index contributed by atoms with van der Waals surface area (Å²) in [6.45, 7) is 2.02. The quantitative estimate of drug-likeness (QED) is 0.719. The van der Waals surface area contributed by atoms with E-state index in [-0.39, 0.29) is 17.4 Å². The Hall–Kier alpha value is -3.30. The Bertz CT molecular complexity index is 935. The molecule has 3 rings (SSSR count). The summed E-state index contributed by atoms with van der Waals surface area (Å²) in [5.41, 5.74) is -0.946. The first-order valence-electron chi connectivity index (χ1n) is 9.66. The summed E-state index contributed by atoms with van der Waals surface area (Å²) in [5, 5.41) is 2.32. The van der Waals surface area contributed by atoms with Crippen LogP contribution in [0.2, 0.25) is 0 Å². The highest BCUT2D eigenvalue weighted by molar-refractivity contribution is 5.95. The lowest BCUT2D eigenvalue weighted by Gasteiger charge is -2.30. The van der Waals surface area contributed by atoms with Gasteiger partial charge in [-0.1, -0.05) is 6.07 Å². The molecular formula is C21H21F3N2O5. The predicted molar refractivity (Wildman–Crippen MR) is 103 cm³/mol. The Morgan fingerprint density at radius 3 is 2.48 bits per heavy atom. The van der Waals surface area contributed by atoms with E-state index in [2.05, 4.69) is 5.32 Å². The molecule has 1 aromatic heterocycles. The number of hydrogen-bond donors (Lipinski definition) is 1. The number of ether oxygens (including phenoxy) is 1. The second-order valence-corrected chi connectivity index (χ2v) is 7.19. The molecule has 0 aliphatic carbocycles. The second-order valence-electron chi connectivity index (χ2n) is 7.19. The number of rotatable bonds is 5. The fraction of sp³-hybridized carbons (Fsp3) is 0.381. The molecule has 0 saturated carbocycles. The van der Waals surface area contributed by atoms with Crippen molar-refractivity contribution in [2.75, 3.05) is 18.4 Å². The number of esters is 1. The average molecular weight is 438 g/mol. The van der Waals surface area contributed by atoms with Crippen molar-refractivity contribution in [3.05, 3.63) is 54.0 Å². The topological polar surface area (TPSA) is 88.8 Å². The van der Waals surface area contributed by atoms with Crippen LogP contribution in [0.3, 0.4) is 0 Å². The van der Waals surface area contributed by atoms with Crippen LogP contribution in [-0.2, 0) is 20.5 Å². The third kappa shape index (κ3) is 5.65. The lowest BCUT2D eigenvalue weighted by molar-refractivity contribution is -0.158. The van der Waals surface area contributed by atoms with E-state index in [4.69, 9.17) is 9.15 Å². The Balaban J connectivity index is 1.49. The number of benzene rings is 1. The molecule has 0 bridgehead atoms. The molecule has 2 heterocycles. The van der Waals surface area contributed by atoms with Crippen LogP contribution in [0.15, 0.2) is 47.1 Å². The molecule has 1 N–H and O–H groups in total. The fourth-order valence-corrected chi connectivity index (χ4v) is 3.22. The van der Waals surface area contributed by atoms with Gasteiger partial charge in [0.05, 0.1) is 17.7 Å². The largest absolute Gasteiger partial charge is 0.459 e. The van der Waals surface area contributed by atoms with Crippen molar-refractivity contribution in [1.82, 2.24) is 4.90 Å². The van der Waals surface area contributed by atoms with Crippen molar-refractivity contribution in [2.24, 2.45) is 5.92 Å².